The lowest BCUT2D eigenvalue weighted by Gasteiger charge is -2.32. The Balaban J connectivity index is 1.54. The van der Waals surface area contributed by atoms with Gasteiger partial charge in [-0.25, -0.2) is 0 Å². The fourth-order valence-corrected chi connectivity index (χ4v) is 2.28. The molecule has 1 fully saturated rings. The molecule has 1 aliphatic carbocycles. The second-order valence-corrected chi connectivity index (χ2v) is 4.74. The largest absolute Gasteiger partial charge is 0.312 e. The molecule has 0 aromatic carbocycles. The number of hydrogen-bond donors (Lipinski definition) is 1. The van der Waals surface area contributed by atoms with Gasteiger partial charge in [0.2, 0.25) is 0 Å². The Morgan fingerprint density at radius 1 is 1.13 bits per heavy atom. The van der Waals surface area contributed by atoms with Crippen LogP contribution >= 0.6 is 0 Å². The molecule has 0 amide bonds. The monoisotopic (exact) mass is 209 g/mol. The fraction of sp³-hybridized carbons (Fsp3) is 0.833. The number of nitrogens with one attached hydrogen (secondary N) is 1. The maximum Gasteiger partial charge on any atom is 0.0137 e. The fourth-order valence-electron chi connectivity index (χ4n) is 2.28. The van der Waals surface area contributed by atoms with Gasteiger partial charge in [-0.15, -0.1) is 0 Å². The Hall–Kier alpha value is -0.380. The molecule has 86 valence electrons. The summed E-state index contributed by atoms with van der Waals surface area (Å²) in [6, 6.07) is 0.720. The minimum Gasteiger partial charge on any atom is -0.312 e. The molecule has 1 aliphatic heterocycles. The third-order valence-corrected chi connectivity index (χ3v) is 3.46. The van der Waals surface area contributed by atoms with E-state index in [4.69, 9.17) is 0 Å². The molecule has 0 aromatic heterocycles. The zero-order valence-electron chi connectivity index (χ0n) is 9.78. The van der Waals surface area contributed by atoms with Crippen molar-refractivity contribution in [3.05, 3.63) is 12.2 Å². The van der Waals surface area contributed by atoms with Gasteiger partial charge >= 0.3 is 0 Å². The summed E-state index contributed by atoms with van der Waals surface area (Å²) in [5, 5.41) is 3.62. The van der Waals surface area contributed by atoms with Crippen molar-refractivity contribution in [3.8, 4) is 0 Å². The van der Waals surface area contributed by atoms with Crippen LogP contribution in [0.5, 0.6) is 0 Å². The van der Waals surface area contributed by atoms with Gasteiger partial charge in [-0.05, 0) is 19.9 Å². The lowest BCUT2D eigenvalue weighted by Crippen LogP contribution is -2.47. The van der Waals surface area contributed by atoms with E-state index in [0.717, 1.165) is 12.6 Å². The predicted molar refractivity (Wildman–Crippen MR) is 64.1 cm³/mol. The van der Waals surface area contributed by atoms with E-state index in [1.165, 1.54) is 45.6 Å². The highest BCUT2D eigenvalue weighted by Gasteiger charge is 2.14. The van der Waals surface area contributed by atoms with Gasteiger partial charge in [0.05, 0.1) is 0 Å². The van der Waals surface area contributed by atoms with Gasteiger partial charge in [-0.3, -0.25) is 4.90 Å². The Bertz CT molecular complexity index is 199. The van der Waals surface area contributed by atoms with E-state index >= 15 is 0 Å². The van der Waals surface area contributed by atoms with Crippen LogP contribution in [0.4, 0.5) is 0 Å². The Morgan fingerprint density at radius 2 is 1.80 bits per heavy atom. The number of hydrogen-bond acceptors (Lipinski definition) is 3. The summed E-state index contributed by atoms with van der Waals surface area (Å²) >= 11 is 0. The van der Waals surface area contributed by atoms with Gasteiger partial charge in [-0.1, -0.05) is 12.2 Å². The van der Waals surface area contributed by atoms with Crippen LogP contribution in [-0.2, 0) is 0 Å². The van der Waals surface area contributed by atoms with E-state index in [1.54, 1.807) is 0 Å². The lowest BCUT2D eigenvalue weighted by molar-refractivity contribution is 0.154. The molecular weight excluding hydrogens is 186 g/mol. The number of likely N-dealkylation sites (N-methyl/N-ethyl adjacent to an activating group) is 1. The van der Waals surface area contributed by atoms with E-state index in [-0.39, 0.29) is 0 Å². The van der Waals surface area contributed by atoms with Crippen LogP contribution in [-0.4, -0.2) is 62.2 Å². The highest BCUT2D eigenvalue weighted by Crippen LogP contribution is 2.08. The normalized spacial score (nSPS) is 25.1. The van der Waals surface area contributed by atoms with Crippen LogP contribution < -0.4 is 5.32 Å². The summed E-state index contributed by atoms with van der Waals surface area (Å²) in [5.74, 6) is 0. The number of piperazine rings is 1. The van der Waals surface area contributed by atoms with Crippen LogP contribution in [0.25, 0.3) is 0 Å². The minimum absolute atomic E-state index is 0.720. The first-order valence-electron chi connectivity index (χ1n) is 6.14. The van der Waals surface area contributed by atoms with E-state index in [1.807, 2.05) is 0 Å². The van der Waals surface area contributed by atoms with E-state index in [2.05, 4.69) is 34.3 Å². The molecule has 0 aromatic rings. The van der Waals surface area contributed by atoms with Crippen molar-refractivity contribution >= 4 is 0 Å². The van der Waals surface area contributed by atoms with E-state index < -0.39 is 0 Å². The quantitative estimate of drug-likeness (QED) is 0.682. The van der Waals surface area contributed by atoms with Gasteiger partial charge in [-0.2, -0.15) is 0 Å². The van der Waals surface area contributed by atoms with Crippen LogP contribution in [0, 0.1) is 0 Å². The van der Waals surface area contributed by atoms with Crippen LogP contribution in [0.1, 0.15) is 12.8 Å². The molecule has 1 heterocycles. The van der Waals surface area contributed by atoms with Gasteiger partial charge in [0.1, 0.15) is 0 Å². The Kier molecular flexibility index (Phi) is 4.18. The Morgan fingerprint density at radius 3 is 2.47 bits per heavy atom. The van der Waals surface area contributed by atoms with Crippen molar-refractivity contribution in [2.24, 2.45) is 0 Å². The Labute approximate surface area is 93.1 Å². The predicted octanol–water partition coefficient (Wildman–Crippen LogP) is 0.542. The highest BCUT2D eigenvalue weighted by molar-refractivity contribution is 4.97. The average Bonchev–Trinajstić information content (AvgIpc) is 2.74. The van der Waals surface area contributed by atoms with Crippen molar-refractivity contribution < 1.29 is 0 Å². The number of rotatable bonds is 4. The maximum absolute atomic E-state index is 3.62. The molecule has 2 aliphatic rings. The SMILES string of the molecule is CN1CCN(CCNC2CC=CC2)CC1. The van der Waals surface area contributed by atoms with Crippen molar-refractivity contribution in [3.63, 3.8) is 0 Å². The summed E-state index contributed by atoms with van der Waals surface area (Å²) in [6.45, 7) is 7.29. The zero-order chi connectivity index (χ0) is 10.5. The highest BCUT2D eigenvalue weighted by atomic mass is 15.2. The minimum atomic E-state index is 0.720. The standard InChI is InChI=1S/C12H23N3/c1-14-8-10-15(11-9-14)7-6-13-12-4-2-3-5-12/h2-3,12-13H,4-11H2,1H3. The second-order valence-electron chi connectivity index (χ2n) is 4.74. The lowest BCUT2D eigenvalue weighted by atomic mass is 10.2. The molecular formula is C12H23N3. The van der Waals surface area contributed by atoms with Crippen molar-refractivity contribution in [2.75, 3.05) is 46.3 Å². The third-order valence-electron chi connectivity index (χ3n) is 3.46. The van der Waals surface area contributed by atoms with E-state index in [0.29, 0.717) is 0 Å². The zero-order valence-corrected chi connectivity index (χ0v) is 9.78. The van der Waals surface area contributed by atoms with Gasteiger partial charge in [0.15, 0.2) is 0 Å². The van der Waals surface area contributed by atoms with E-state index in [9.17, 15) is 0 Å². The molecule has 0 bridgehead atoms. The summed E-state index contributed by atoms with van der Waals surface area (Å²) in [4.78, 5) is 4.97. The number of nitrogens with zero attached hydrogens (tertiary/aromatic N) is 2. The summed E-state index contributed by atoms with van der Waals surface area (Å²) in [7, 11) is 2.21. The maximum atomic E-state index is 3.62. The molecule has 15 heavy (non-hydrogen) atoms. The van der Waals surface area contributed by atoms with Crippen molar-refractivity contribution in [2.45, 2.75) is 18.9 Å². The molecule has 3 nitrogen and oxygen atoms in total. The van der Waals surface area contributed by atoms with Gasteiger partial charge < -0.3 is 10.2 Å². The van der Waals surface area contributed by atoms with Crippen molar-refractivity contribution in [1.29, 1.82) is 0 Å². The first-order valence-corrected chi connectivity index (χ1v) is 6.14. The molecule has 0 radical (unpaired) electrons. The molecule has 0 unspecified atom stereocenters. The van der Waals surface area contributed by atoms with Crippen molar-refractivity contribution in [1.82, 2.24) is 15.1 Å². The second kappa shape index (κ2) is 5.64. The molecule has 0 spiro atoms. The first kappa shape index (κ1) is 11.1. The summed E-state index contributed by atoms with van der Waals surface area (Å²) in [6.07, 6.45) is 7.02. The van der Waals surface area contributed by atoms with Crippen LogP contribution in [0.15, 0.2) is 12.2 Å². The average molecular weight is 209 g/mol. The molecule has 0 atom stereocenters. The first-order chi connectivity index (χ1) is 7.34. The van der Waals surface area contributed by atoms with Crippen LogP contribution in [0.3, 0.4) is 0 Å². The molecule has 1 N–H and O–H groups in total. The van der Waals surface area contributed by atoms with Gasteiger partial charge in [0.25, 0.3) is 0 Å². The smallest absolute Gasteiger partial charge is 0.0137 e. The van der Waals surface area contributed by atoms with Crippen LogP contribution in [0.2, 0.25) is 0 Å². The third kappa shape index (κ3) is 3.59. The molecule has 0 saturated carbocycles. The molecule has 2 rings (SSSR count). The summed E-state index contributed by atoms with van der Waals surface area (Å²) < 4.78 is 0. The molecule has 3 heteroatoms. The summed E-state index contributed by atoms with van der Waals surface area (Å²) in [5.41, 5.74) is 0. The van der Waals surface area contributed by atoms with Gasteiger partial charge in [0, 0.05) is 45.3 Å². The molecule has 1 saturated heterocycles. The topological polar surface area (TPSA) is 18.5 Å².